The van der Waals surface area contributed by atoms with Gasteiger partial charge in [-0.05, 0) is 39.8 Å². The molecule has 1 saturated heterocycles. The molecule has 2 rings (SSSR count). The van der Waals surface area contributed by atoms with E-state index >= 15 is 0 Å². The SMILES string of the molecule is COc1ccccc1C[NH2+]C1CC(C)(C)[NH2+]C(C)(C)C1. The second-order valence-electron chi connectivity index (χ2n) is 7.54. The number of piperidine rings is 1. The van der Waals surface area contributed by atoms with Crippen molar-refractivity contribution in [3.8, 4) is 5.75 Å². The van der Waals surface area contributed by atoms with Crippen LogP contribution in [0.15, 0.2) is 24.3 Å². The number of methoxy groups -OCH3 is 1. The third-order valence-electron chi connectivity index (χ3n) is 4.22. The Labute approximate surface area is 123 Å². The molecule has 0 aromatic heterocycles. The third kappa shape index (κ3) is 3.97. The Kier molecular flexibility index (Phi) is 4.40. The lowest BCUT2D eigenvalue weighted by molar-refractivity contribution is -0.816. The van der Waals surface area contributed by atoms with Crippen LogP contribution in [0.25, 0.3) is 0 Å². The quantitative estimate of drug-likeness (QED) is 0.849. The lowest BCUT2D eigenvalue weighted by Crippen LogP contribution is -3.09. The summed E-state index contributed by atoms with van der Waals surface area (Å²) in [4.78, 5) is 0. The minimum Gasteiger partial charge on any atom is -0.496 e. The van der Waals surface area contributed by atoms with Crippen LogP contribution in [0.4, 0.5) is 0 Å². The summed E-state index contributed by atoms with van der Waals surface area (Å²) in [6.07, 6.45) is 2.51. The number of hydrogen-bond acceptors (Lipinski definition) is 1. The fraction of sp³-hybridized carbons (Fsp3) is 0.647. The number of rotatable bonds is 4. The van der Waals surface area contributed by atoms with Gasteiger partial charge in [-0.3, -0.25) is 0 Å². The summed E-state index contributed by atoms with van der Waals surface area (Å²) in [7, 11) is 1.75. The van der Waals surface area contributed by atoms with Crippen molar-refractivity contribution in [1.29, 1.82) is 0 Å². The molecular formula is C17H30N2O+2. The standard InChI is InChI=1S/C17H28N2O/c1-16(2)10-14(11-17(3,4)19-16)18-12-13-8-6-7-9-15(13)20-5/h6-9,14,18-19H,10-12H2,1-5H3/p+2. The van der Waals surface area contributed by atoms with Crippen LogP contribution in [0.3, 0.4) is 0 Å². The molecular weight excluding hydrogens is 248 g/mol. The summed E-state index contributed by atoms with van der Waals surface area (Å²) in [5, 5.41) is 5.03. The monoisotopic (exact) mass is 278 g/mol. The Morgan fingerprint density at radius 1 is 1.15 bits per heavy atom. The van der Waals surface area contributed by atoms with Gasteiger partial charge in [0.2, 0.25) is 0 Å². The minimum absolute atomic E-state index is 0.337. The molecule has 0 aliphatic carbocycles. The molecule has 1 aromatic rings. The highest BCUT2D eigenvalue weighted by atomic mass is 16.5. The molecule has 0 saturated carbocycles. The van der Waals surface area contributed by atoms with Gasteiger partial charge in [0.15, 0.2) is 0 Å². The molecule has 1 aliphatic heterocycles. The zero-order chi connectivity index (χ0) is 14.8. The fourth-order valence-electron chi connectivity index (χ4n) is 3.93. The van der Waals surface area contributed by atoms with Crippen molar-refractivity contribution in [2.24, 2.45) is 0 Å². The smallest absolute Gasteiger partial charge is 0.127 e. The number of ether oxygens (including phenoxy) is 1. The molecule has 1 heterocycles. The Morgan fingerprint density at radius 3 is 2.35 bits per heavy atom. The zero-order valence-corrected chi connectivity index (χ0v) is 13.6. The van der Waals surface area contributed by atoms with Crippen LogP contribution in [0.2, 0.25) is 0 Å². The van der Waals surface area contributed by atoms with Crippen molar-refractivity contribution in [2.45, 2.75) is 64.2 Å². The predicted octanol–water partition coefficient (Wildman–Crippen LogP) is 1.04. The first kappa shape index (κ1) is 15.3. The maximum Gasteiger partial charge on any atom is 0.127 e. The summed E-state index contributed by atoms with van der Waals surface area (Å²) >= 11 is 0. The Bertz CT molecular complexity index is 438. The van der Waals surface area contributed by atoms with Crippen LogP contribution in [0.1, 0.15) is 46.1 Å². The first-order chi connectivity index (χ1) is 9.31. The Morgan fingerprint density at radius 2 is 1.75 bits per heavy atom. The van der Waals surface area contributed by atoms with E-state index in [0.717, 1.165) is 12.3 Å². The molecule has 112 valence electrons. The first-order valence-electron chi connectivity index (χ1n) is 7.64. The topological polar surface area (TPSA) is 42.5 Å². The maximum atomic E-state index is 5.44. The number of hydrogen-bond donors (Lipinski definition) is 2. The van der Waals surface area contributed by atoms with Crippen molar-refractivity contribution in [3.05, 3.63) is 29.8 Å². The molecule has 0 unspecified atom stereocenters. The van der Waals surface area contributed by atoms with Crippen molar-refractivity contribution < 1.29 is 15.4 Å². The molecule has 0 amide bonds. The molecule has 1 fully saturated rings. The maximum absolute atomic E-state index is 5.44. The summed E-state index contributed by atoms with van der Waals surface area (Å²) in [5.74, 6) is 1.00. The van der Waals surface area contributed by atoms with Crippen LogP contribution in [0.5, 0.6) is 5.75 Å². The molecule has 4 N–H and O–H groups in total. The van der Waals surface area contributed by atoms with Gasteiger partial charge in [0.05, 0.1) is 37.1 Å². The van der Waals surface area contributed by atoms with E-state index in [1.165, 1.54) is 18.4 Å². The van der Waals surface area contributed by atoms with Gasteiger partial charge in [-0.2, -0.15) is 0 Å². The zero-order valence-electron chi connectivity index (χ0n) is 13.6. The number of para-hydroxylation sites is 1. The largest absolute Gasteiger partial charge is 0.496 e. The number of benzene rings is 1. The summed E-state index contributed by atoms with van der Waals surface area (Å²) in [6, 6.07) is 9.03. The van der Waals surface area contributed by atoms with Gasteiger partial charge in [0.1, 0.15) is 12.3 Å². The second kappa shape index (κ2) is 5.74. The summed E-state index contributed by atoms with van der Waals surface area (Å²) < 4.78 is 5.44. The van der Waals surface area contributed by atoms with Gasteiger partial charge in [0.25, 0.3) is 0 Å². The highest BCUT2D eigenvalue weighted by Crippen LogP contribution is 2.20. The van der Waals surface area contributed by atoms with Gasteiger partial charge < -0.3 is 15.4 Å². The normalized spacial score (nSPS) is 21.6. The van der Waals surface area contributed by atoms with Crippen LogP contribution in [0, 0.1) is 0 Å². The molecule has 1 aliphatic rings. The van der Waals surface area contributed by atoms with Crippen LogP contribution in [-0.4, -0.2) is 24.2 Å². The van der Waals surface area contributed by atoms with Crippen molar-refractivity contribution >= 4 is 0 Å². The predicted molar refractivity (Wildman–Crippen MR) is 81.7 cm³/mol. The van der Waals surface area contributed by atoms with Gasteiger partial charge in [-0.25, -0.2) is 0 Å². The molecule has 0 bridgehead atoms. The fourth-order valence-corrected chi connectivity index (χ4v) is 3.93. The van der Waals surface area contributed by atoms with Crippen LogP contribution >= 0.6 is 0 Å². The highest BCUT2D eigenvalue weighted by Gasteiger charge is 2.43. The minimum atomic E-state index is 0.337. The van der Waals surface area contributed by atoms with Gasteiger partial charge in [0, 0.05) is 5.56 Å². The van der Waals surface area contributed by atoms with Crippen LogP contribution < -0.4 is 15.4 Å². The van der Waals surface area contributed by atoms with E-state index in [1.807, 2.05) is 12.1 Å². The highest BCUT2D eigenvalue weighted by molar-refractivity contribution is 5.32. The Balaban J connectivity index is 2.00. The molecule has 20 heavy (non-hydrogen) atoms. The third-order valence-corrected chi connectivity index (χ3v) is 4.22. The molecule has 3 heteroatoms. The van der Waals surface area contributed by atoms with E-state index < -0.39 is 0 Å². The van der Waals surface area contributed by atoms with Crippen LogP contribution in [-0.2, 0) is 6.54 Å². The summed E-state index contributed by atoms with van der Waals surface area (Å²) in [5.41, 5.74) is 1.97. The first-order valence-corrected chi connectivity index (χ1v) is 7.64. The van der Waals surface area contributed by atoms with E-state index in [0.29, 0.717) is 17.1 Å². The van der Waals surface area contributed by atoms with E-state index in [9.17, 15) is 0 Å². The van der Waals surface area contributed by atoms with Gasteiger partial charge >= 0.3 is 0 Å². The Hall–Kier alpha value is -1.06. The number of quaternary nitrogens is 2. The molecule has 0 spiro atoms. The van der Waals surface area contributed by atoms with E-state index in [2.05, 4.69) is 50.5 Å². The lowest BCUT2D eigenvalue weighted by atomic mass is 9.79. The molecule has 3 nitrogen and oxygen atoms in total. The van der Waals surface area contributed by atoms with Crippen molar-refractivity contribution in [1.82, 2.24) is 0 Å². The average molecular weight is 278 g/mol. The lowest BCUT2D eigenvalue weighted by Gasteiger charge is -2.41. The second-order valence-corrected chi connectivity index (χ2v) is 7.54. The van der Waals surface area contributed by atoms with E-state index in [1.54, 1.807) is 7.11 Å². The average Bonchev–Trinajstić information content (AvgIpc) is 2.33. The van der Waals surface area contributed by atoms with Gasteiger partial charge in [-0.15, -0.1) is 0 Å². The van der Waals surface area contributed by atoms with Crippen molar-refractivity contribution in [3.63, 3.8) is 0 Å². The van der Waals surface area contributed by atoms with E-state index in [4.69, 9.17) is 4.74 Å². The number of nitrogens with two attached hydrogens (primary N) is 2. The van der Waals surface area contributed by atoms with Gasteiger partial charge in [-0.1, -0.05) is 12.1 Å². The molecule has 0 radical (unpaired) electrons. The molecule has 0 atom stereocenters. The van der Waals surface area contributed by atoms with E-state index in [-0.39, 0.29) is 0 Å². The van der Waals surface area contributed by atoms with Crippen molar-refractivity contribution in [2.75, 3.05) is 7.11 Å². The summed E-state index contributed by atoms with van der Waals surface area (Å²) in [6.45, 7) is 10.4. The molecule has 1 aromatic carbocycles.